The van der Waals surface area contributed by atoms with Crippen LogP contribution in [0.5, 0.6) is 5.75 Å². The lowest BCUT2D eigenvalue weighted by Crippen LogP contribution is -2.26. The lowest BCUT2D eigenvalue weighted by atomic mass is 10.1. The molecule has 0 aliphatic carbocycles. The van der Waals surface area contributed by atoms with Crippen molar-refractivity contribution in [3.63, 3.8) is 0 Å². The fraction of sp³-hybridized carbons (Fsp3) is 0.500. The van der Waals surface area contributed by atoms with Crippen LogP contribution in [0.3, 0.4) is 0 Å². The minimum atomic E-state index is -0.410. The third-order valence-electron chi connectivity index (χ3n) is 3.66. The van der Waals surface area contributed by atoms with Gasteiger partial charge in [0.15, 0.2) is 6.29 Å². The van der Waals surface area contributed by atoms with Gasteiger partial charge in [-0.05, 0) is 18.6 Å². The maximum absolute atomic E-state index is 10.9. The van der Waals surface area contributed by atoms with Crippen LogP contribution in [0.15, 0.2) is 36.9 Å². The number of benzene rings is 1. The number of carbonyl (C=O) groups excluding carboxylic acids is 1. The van der Waals surface area contributed by atoms with Crippen LogP contribution in [0.1, 0.15) is 31.6 Å². The van der Waals surface area contributed by atoms with Crippen molar-refractivity contribution in [2.24, 2.45) is 5.92 Å². The van der Waals surface area contributed by atoms with Gasteiger partial charge in [0, 0.05) is 24.0 Å². The molecule has 0 radical (unpaired) electrons. The minimum Gasteiger partial charge on any atom is -0.493 e. The molecule has 1 aromatic rings. The summed E-state index contributed by atoms with van der Waals surface area (Å²) >= 11 is 0. The summed E-state index contributed by atoms with van der Waals surface area (Å²) in [6.07, 6.45) is 2.57. The molecular weight excluding hydrogens is 296 g/mol. The van der Waals surface area contributed by atoms with E-state index in [0.29, 0.717) is 25.6 Å². The molecular formula is C18H24O5. The first-order valence-electron chi connectivity index (χ1n) is 7.98. The molecule has 0 amide bonds. The predicted molar refractivity (Wildman–Crippen MR) is 86.1 cm³/mol. The van der Waals surface area contributed by atoms with Crippen LogP contribution in [0.4, 0.5) is 0 Å². The lowest BCUT2D eigenvalue weighted by molar-refractivity contribution is -0.205. The largest absolute Gasteiger partial charge is 0.493 e. The molecule has 1 aromatic carbocycles. The summed E-state index contributed by atoms with van der Waals surface area (Å²) in [6, 6.07) is 7.68. The third-order valence-corrected chi connectivity index (χ3v) is 3.66. The Morgan fingerprint density at radius 1 is 1.26 bits per heavy atom. The summed E-state index contributed by atoms with van der Waals surface area (Å²) in [6.45, 7) is 7.76. The summed E-state index contributed by atoms with van der Waals surface area (Å²) in [5.41, 5.74) is 0.992. The van der Waals surface area contributed by atoms with E-state index in [1.165, 1.54) is 0 Å². The van der Waals surface area contributed by atoms with Crippen LogP contribution in [-0.2, 0) is 19.0 Å². The Kier molecular flexibility index (Phi) is 7.10. The zero-order chi connectivity index (χ0) is 16.5. The number of esters is 1. The van der Waals surface area contributed by atoms with Crippen molar-refractivity contribution < 1.29 is 23.7 Å². The molecule has 1 fully saturated rings. The van der Waals surface area contributed by atoms with E-state index in [1.54, 1.807) is 0 Å². The van der Waals surface area contributed by atoms with Gasteiger partial charge < -0.3 is 18.9 Å². The Labute approximate surface area is 137 Å². The van der Waals surface area contributed by atoms with Gasteiger partial charge in [0.2, 0.25) is 0 Å². The first-order chi connectivity index (χ1) is 11.2. The summed E-state index contributed by atoms with van der Waals surface area (Å²) < 4.78 is 21.9. The molecule has 1 saturated heterocycles. The zero-order valence-electron chi connectivity index (χ0n) is 13.5. The van der Waals surface area contributed by atoms with Crippen molar-refractivity contribution in [2.75, 3.05) is 26.4 Å². The molecule has 5 nitrogen and oxygen atoms in total. The summed E-state index contributed by atoms with van der Waals surface area (Å²) in [5.74, 6) is 0.849. The predicted octanol–water partition coefficient (Wildman–Crippen LogP) is 3.26. The molecule has 0 spiro atoms. The van der Waals surface area contributed by atoms with Gasteiger partial charge in [-0.3, -0.25) is 0 Å². The molecule has 5 heteroatoms. The van der Waals surface area contributed by atoms with Crippen LogP contribution in [-0.4, -0.2) is 32.4 Å². The molecule has 0 atom stereocenters. The van der Waals surface area contributed by atoms with Gasteiger partial charge in [0.25, 0.3) is 0 Å². The molecule has 23 heavy (non-hydrogen) atoms. The number of rotatable bonds is 8. The molecule has 0 saturated carbocycles. The van der Waals surface area contributed by atoms with Gasteiger partial charge in [-0.25, -0.2) is 4.79 Å². The maximum Gasteiger partial charge on any atom is 0.330 e. The highest BCUT2D eigenvalue weighted by Gasteiger charge is 2.22. The molecule has 126 valence electrons. The first-order valence-corrected chi connectivity index (χ1v) is 7.98. The van der Waals surface area contributed by atoms with E-state index in [9.17, 15) is 4.79 Å². The minimum absolute atomic E-state index is 0.287. The average Bonchev–Trinajstić information content (AvgIpc) is 2.62. The summed E-state index contributed by atoms with van der Waals surface area (Å²) in [4.78, 5) is 10.9. The van der Waals surface area contributed by atoms with Crippen molar-refractivity contribution in [2.45, 2.75) is 26.1 Å². The fourth-order valence-corrected chi connectivity index (χ4v) is 2.17. The van der Waals surface area contributed by atoms with Crippen molar-refractivity contribution in [1.82, 2.24) is 0 Å². The van der Waals surface area contributed by atoms with E-state index < -0.39 is 5.97 Å². The first kappa shape index (κ1) is 17.5. The molecule has 1 heterocycles. The van der Waals surface area contributed by atoms with Gasteiger partial charge in [0.05, 0.1) is 26.4 Å². The average molecular weight is 320 g/mol. The van der Waals surface area contributed by atoms with E-state index in [4.69, 9.17) is 18.9 Å². The van der Waals surface area contributed by atoms with E-state index in [-0.39, 0.29) is 6.29 Å². The number of hydrogen-bond donors (Lipinski definition) is 0. The van der Waals surface area contributed by atoms with Gasteiger partial charge in [-0.2, -0.15) is 0 Å². The van der Waals surface area contributed by atoms with E-state index in [0.717, 1.165) is 37.0 Å². The highest BCUT2D eigenvalue weighted by Crippen LogP contribution is 2.27. The fourth-order valence-electron chi connectivity index (χ4n) is 2.17. The van der Waals surface area contributed by atoms with Crippen LogP contribution in [0.2, 0.25) is 0 Å². The molecule has 0 aromatic heterocycles. The quantitative estimate of drug-likeness (QED) is 0.418. The van der Waals surface area contributed by atoms with Crippen LogP contribution < -0.4 is 4.74 Å². The molecule has 1 aliphatic heterocycles. The Balaban J connectivity index is 1.70. The maximum atomic E-state index is 10.9. The lowest BCUT2D eigenvalue weighted by Gasteiger charge is -2.29. The molecule has 0 N–H and O–H groups in total. The number of ether oxygens (including phenoxy) is 4. The second-order valence-electron chi connectivity index (χ2n) is 5.42. The molecule has 2 rings (SSSR count). The van der Waals surface area contributed by atoms with Gasteiger partial charge in [0.1, 0.15) is 5.75 Å². The van der Waals surface area contributed by atoms with E-state index >= 15 is 0 Å². The van der Waals surface area contributed by atoms with E-state index in [2.05, 4.69) is 13.5 Å². The number of hydrogen-bond acceptors (Lipinski definition) is 5. The Bertz CT molecular complexity index is 489. The van der Waals surface area contributed by atoms with Gasteiger partial charge >= 0.3 is 5.97 Å². The van der Waals surface area contributed by atoms with Crippen LogP contribution >= 0.6 is 0 Å². The zero-order valence-corrected chi connectivity index (χ0v) is 13.5. The van der Waals surface area contributed by atoms with Gasteiger partial charge in [-0.15, -0.1) is 0 Å². The Hall–Kier alpha value is -1.85. The Morgan fingerprint density at radius 2 is 1.96 bits per heavy atom. The third kappa shape index (κ3) is 5.69. The molecule has 1 aliphatic rings. The summed E-state index contributed by atoms with van der Waals surface area (Å²) in [5, 5.41) is 0. The van der Waals surface area contributed by atoms with Gasteiger partial charge in [-0.1, -0.05) is 25.6 Å². The standard InChI is InChI=1S/C18H24O5/c1-3-14-12-22-18(23-13-14)15-6-8-16(9-7-15)20-10-5-11-21-17(19)4-2/h4,6-9,14,18H,2-3,5,10-13H2,1H3. The van der Waals surface area contributed by atoms with Crippen LogP contribution in [0, 0.1) is 5.92 Å². The van der Waals surface area contributed by atoms with E-state index in [1.807, 2.05) is 24.3 Å². The van der Waals surface area contributed by atoms with Crippen molar-refractivity contribution in [3.05, 3.63) is 42.5 Å². The van der Waals surface area contributed by atoms with Crippen molar-refractivity contribution >= 4 is 5.97 Å². The number of carbonyl (C=O) groups is 1. The monoisotopic (exact) mass is 320 g/mol. The van der Waals surface area contributed by atoms with Crippen molar-refractivity contribution in [1.29, 1.82) is 0 Å². The van der Waals surface area contributed by atoms with Crippen LogP contribution in [0.25, 0.3) is 0 Å². The second kappa shape index (κ2) is 9.33. The second-order valence-corrected chi connectivity index (χ2v) is 5.42. The highest BCUT2D eigenvalue weighted by atomic mass is 16.7. The molecule has 0 unspecified atom stereocenters. The SMILES string of the molecule is C=CC(=O)OCCCOc1ccc(C2OCC(CC)CO2)cc1. The smallest absolute Gasteiger partial charge is 0.330 e. The highest BCUT2D eigenvalue weighted by molar-refractivity contribution is 5.81. The normalized spacial score (nSPS) is 20.7. The Morgan fingerprint density at radius 3 is 2.57 bits per heavy atom. The summed E-state index contributed by atoms with van der Waals surface area (Å²) in [7, 11) is 0. The molecule has 0 bridgehead atoms. The topological polar surface area (TPSA) is 54.0 Å². The van der Waals surface area contributed by atoms with Crippen molar-refractivity contribution in [3.8, 4) is 5.75 Å².